The van der Waals surface area contributed by atoms with Crippen LogP contribution in [0.2, 0.25) is 0 Å². The molecule has 0 saturated heterocycles. The van der Waals surface area contributed by atoms with Crippen LogP contribution in [0.4, 0.5) is 0 Å². The van der Waals surface area contributed by atoms with E-state index in [1.807, 2.05) is 6.07 Å². The smallest absolute Gasteiger partial charge is 0.139 e. The summed E-state index contributed by atoms with van der Waals surface area (Å²) in [5, 5.41) is 2.42. The van der Waals surface area contributed by atoms with E-state index in [4.69, 9.17) is 4.42 Å². The average molecular weight is 376 g/mol. The monoisotopic (exact) mass is 376 g/mol. The van der Waals surface area contributed by atoms with E-state index in [9.17, 15) is 0 Å². The molecular formula is C28H24O. The Bertz CT molecular complexity index is 1360. The average Bonchev–Trinajstić information content (AvgIpc) is 3.21. The highest BCUT2D eigenvalue weighted by Gasteiger charge is 2.39. The third-order valence-corrected chi connectivity index (χ3v) is 6.97. The van der Waals surface area contributed by atoms with Gasteiger partial charge in [0, 0.05) is 27.7 Å². The number of allylic oxidation sites excluding steroid dienone is 4. The lowest BCUT2D eigenvalue weighted by molar-refractivity contribution is 0.587. The summed E-state index contributed by atoms with van der Waals surface area (Å²) in [5.41, 5.74) is 10.6. The van der Waals surface area contributed by atoms with Crippen molar-refractivity contribution in [3.63, 3.8) is 0 Å². The SMILES string of the molecule is Cc1ccc2c(c1)C(C)(C)C1=C2C=CC(c2cccc3c2oc2ccccc23)C1. The maximum absolute atomic E-state index is 6.33. The Balaban J connectivity index is 1.48. The Kier molecular flexibility index (Phi) is 3.33. The molecule has 0 spiro atoms. The minimum atomic E-state index is 0.0709. The number of fused-ring (bicyclic) bond motifs is 5. The Hall–Kier alpha value is -3.06. The number of para-hydroxylation sites is 2. The van der Waals surface area contributed by atoms with Gasteiger partial charge >= 0.3 is 0 Å². The van der Waals surface area contributed by atoms with Gasteiger partial charge < -0.3 is 4.42 Å². The van der Waals surface area contributed by atoms with Crippen LogP contribution in [0.15, 0.2) is 82.8 Å². The van der Waals surface area contributed by atoms with Crippen LogP contribution in [0.25, 0.3) is 27.5 Å². The van der Waals surface area contributed by atoms with Gasteiger partial charge in [-0.25, -0.2) is 0 Å². The molecule has 1 heterocycles. The van der Waals surface area contributed by atoms with E-state index in [1.54, 1.807) is 5.57 Å². The van der Waals surface area contributed by atoms with E-state index in [1.165, 1.54) is 38.6 Å². The zero-order valence-electron chi connectivity index (χ0n) is 17.1. The van der Waals surface area contributed by atoms with Gasteiger partial charge in [-0.1, -0.05) is 91.7 Å². The summed E-state index contributed by atoms with van der Waals surface area (Å²) in [6.45, 7) is 6.95. The van der Waals surface area contributed by atoms with Crippen LogP contribution in [0.1, 0.15) is 48.4 Å². The molecule has 4 aromatic rings. The van der Waals surface area contributed by atoms with Gasteiger partial charge in [0.05, 0.1) is 0 Å². The normalized spacial score (nSPS) is 19.8. The van der Waals surface area contributed by atoms with Crippen LogP contribution < -0.4 is 0 Å². The molecule has 0 bridgehead atoms. The minimum absolute atomic E-state index is 0.0709. The van der Waals surface area contributed by atoms with Gasteiger partial charge in [0.15, 0.2) is 0 Å². The number of furan rings is 1. The van der Waals surface area contributed by atoms with Gasteiger partial charge in [-0.3, -0.25) is 0 Å². The van der Waals surface area contributed by atoms with Crippen molar-refractivity contribution in [1.29, 1.82) is 0 Å². The van der Waals surface area contributed by atoms with Crippen molar-refractivity contribution in [3.05, 3.63) is 101 Å². The van der Waals surface area contributed by atoms with E-state index in [0.717, 1.165) is 17.6 Å². The molecule has 1 unspecified atom stereocenters. The first-order valence-corrected chi connectivity index (χ1v) is 10.5. The summed E-state index contributed by atoms with van der Waals surface area (Å²) in [6.07, 6.45) is 5.78. The predicted molar refractivity (Wildman–Crippen MR) is 121 cm³/mol. The van der Waals surface area contributed by atoms with Crippen molar-refractivity contribution in [2.45, 2.75) is 38.5 Å². The van der Waals surface area contributed by atoms with Crippen LogP contribution >= 0.6 is 0 Å². The molecule has 29 heavy (non-hydrogen) atoms. The molecule has 0 radical (unpaired) electrons. The van der Waals surface area contributed by atoms with Crippen molar-refractivity contribution in [1.82, 2.24) is 0 Å². The molecular weight excluding hydrogens is 352 g/mol. The molecule has 3 aromatic carbocycles. The van der Waals surface area contributed by atoms with Gasteiger partial charge in [0.25, 0.3) is 0 Å². The molecule has 0 aliphatic heterocycles. The Morgan fingerprint density at radius 3 is 2.66 bits per heavy atom. The molecule has 142 valence electrons. The first-order valence-electron chi connectivity index (χ1n) is 10.5. The lowest BCUT2D eigenvalue weighted by Gasteiger charge is -2.29. The maximum Gasteiger partial charge on any atom is 0.139 e. The predicted octanol–water partition coefficient (Wildman–Crippen LogP) is 7.68. The van der Waals surface area contributed by atoms with Gasteiger partial charge in [-0.05, 0) is 36.1 Å². The summed E-state index contributed by atoms with van der Waals surface area (Å²) in [7, 11) is 0. The molecule has 0 saturated carbocycles. The number of hydrogen-bond donors (Lipinski definition) is 0. The van der Waals surface area contributed by atoms with Crippen LogP contribution in [-0.2, 0) is 5.41 Å². The van der Waals surface area contributed by atoms with E-state index >= 15 is 0 Å². The highest BCUT2D eigenvalue weighted by molar-refractivity contribution is 6.06. The summed E-state index contributed by atoms with van der Waals surface area (Å²) in [4.78, 5) is 0. The van der Waals surface area contributed by atoms with Gasteiger partial charge in [-0.15, -0.1) is 0 Å². The summed E-state index contributed by atoms with van der Waals surface area (Å²) >= 11 is 0. The Labute approximate surface area is 171 Å². The minimum Gasteiger partial charge on any atom is -0.456 e. The van der Waals surface area contributed by atoms with Gasteiger partial charge in [-0.2, -0.15) is 0 Å². The number of aryl methyl sites for hydroxylation is 1. The van der Waals surface area contributed by atoms with Crippen LogP contribution in [0, 0.1) is 6.92 Å². The van der Waals surface area contributed by atoms with Gasteiger partial charge in [0.2, 0.25) is 0 Å². The topological polar surface area (TPSA) is 13.1 Å². The standard InChI is InChI=1S/C28H24O/c1-17-11-13-20-21-14-12-18(16-25(21)28(2,3)24(20)15-17)19-8-6-9-23-22-7-4-5-10-26(22)29-27(19)23/h4-15,18H,16H2,1-3H3. The summed E-state index contributed by atoms with van der Waals surface area (Å²) < 4.78 is 6.33. The third kappa shape index (κ3) is 2.28. The van der Waals surface area contributed by atoms with Crippen LogP contribution in [-0.4, -0.2) is 0 Å². The zero-order chi connectivity index (χ0) is 19.8. The lowest BCUT2D eigenvalue weighted by Crippen LogP contribution is -2.19. The largest absolute Gasteiger partial charge is 0.456 e. The highest BCUT2D eigenvalue weighted by atomic mass is 16.3. The van der Waals surface area contributed by atoms with Crippen LogP contribution in [0.3, 0.4) is 0 Å². The Morgan fingerprint density at radius 1 is 0.931 bits per heavy atom. The van der Waals surface area contributed by atoms with Crippen molar-refractivity contribution < 1.29 is 4.42 Å². The van der Waals surface area contributed by atoms with E-state index in [0.29, 0.717) is 5.92 Å². The molecule has 0 amide bonds. The second-order valence-electron chi connectivity index (χ2n) is 9.06. The number of benzene rings is 3. The molecule has 1 heteroatoms. The van der Waals surface area contributed by atoms with E-state index < -0.39 is 0 Å². The first-order chi connectivity index (χ1) is 14.0. The Morgan fingerprint density at radius 2 is 1.76 bits per heavy atom. The van der Waals surface area contributed by atoms with Crippen molar-refractivity contribution in [2.75, 3.05) is 0 Å². The number of hydrogen-bond acceptors (Lipinski definition) is 1. The second-order valence-corrected chi connectivity index (χ2v) is 9.06. The molecule has 2 aliphatic carbocycles. The molecule has 0 fully saturated rings. The molecule has 1 atom stereocenters. The van der Waals surface area contributed by atoms with Crippen molar-refractivity contribution in [2.24, 2.45) is 0 Å². The van der Waals surface area contributed by atoms with Crippen molar-refractivity contribution in [3.8, 4) is 0 Å². The fourth-order valence-corrected chi connectivity index (χ4v) is 5.40. The van der Waals surface area contributed by atoms with E-state index in [2.05, 4.69) is 87.5 Å². The molecule has 1 nitrogen and oxygen atoms in total. The fourth-order valence-electron chi connectivity index (χ4n) is 5.40. The summed E-state index contributed by atoms with van der Waals surface area (Å²) in [5.74, 6) is 0.340. The molecule has 1 aromatic heterocycles. The first kappa shape index (κ1) is 16.9. The zero-order valence-corrected chi connectivity index (χ0v) is 17.1. The number of rotatable bonds is 1. The quantitative estimate of drug-likeness (QED) is 0.332. The lowest BCUT2D eigenvalue weighted by atomic mass is 9.74. The van der Waals surface area contributed by atoms with Crippen LogP contribution in [0.5, 0.6) is 0 Å². The second kappa shape index (κ2) is 5.73. The molecule has 6 rings (SSSR count). The molecule has 0 N–H and O–H groups in total. The third-order valence-electron chi connectivity index (χ3n) is 6.97. The van der Waals surface area contributed by atoms with Crippen molar-refractivity contribution >= 4 is 27.5 Å². The van der Waals surface area contributed by atoms with Gasteiger partial charge in [0.1, 0.15) is 11.2 Å². The molecule has 2 aliphatic rings. The highest BCUT2D eigenvalue weighted by Crippen LogP contribution is 2.53. The van der Waals surface area contributed by atoms with E-state index in [-0.39, 0.29) is 5.41 Å². The summed E-state index contributed by atoms with van der Waals surface area (Å²) in [6, 6.07) is 21.9. The maximum atomic E-state index is 6.33. The fraction of sp³-hybridized carbons (Fsp3) is 0.214.